The Morgan fingerprint density at radius 2 is 1.21 bits per heavy atom. The summed E-state index contributed by atoms with van der Waals surface area (Å²) >= 11 is 0. The van der Waals surface area contributed by atoms with Crippen LogP contribution in [0.2, 0.25) is 0 Å². The monoisotopic (exact) mass is 410 g/mol. The van der Waals surface area contributed by atoms with Crippen LogP contribution < -0.4 is 10.2 Å². The molecule has 0 rings (SSSR count). The fourth-order valence-corrected chi connectivity index (χ4v) is 1.47. The summed E-state index contributed by atoms with van der Waals surface area (Å²) in [6.07, 6.45) is 4.60. The van der Waals surface area contributed by atoms with Gasteiger partial charge in [0.15, 0.2) is 0 Å². The lowest BCUT2D eigenvalue weighted by molar-refractivity contribution is -0.307. The zero-order chi connectivity index (χ0) is 22.2. The van der Waals surface area contributed by atoms with Crippen LogP contribution in [0.4, 0.5) is 0 Å². The van der Waals surface area contributed by atoms with Gasteiger partial charge >= 0.3 is 11.9 Å². The predicted octanol–water partition coefficient (Wildman–Crippen LogP) is -0.196. The molecule has 28 heavy (non-hydrogen) atoms. The normalized spacial score (nSPS) is 9.36. The highest BCUT2D eigenvalue weighted by molar-refractivity contribution is 5.66. The first-order valence-corrected chi connectivity index (χ1v) is 9.19. The third-order valence-corrected chi connectivity index (χ3v) is 2.97. The highest BCUT2D eigenvalue weighted by atomic mass is 16.5. The molecule has 0 amide bonds. The van der Waals surface area contributed by atoms with Gasteiger partial charge in [-0.3, -0.25) is 9.59 Å². The quantitative estimate of drug-likeness (QED) is 0.305. The van der Waals surface area contributed by atoms with Gasteiger partial charge in [0.2, 0.25) is 0 Å². The highest BCUT2D eigenvalue weighted by Gasteiger charge is 1.96. The van der Waals surface area contributed by atoms with Crippen molar-refractivity contribution >= 4 is 23.9 Å². The third kappa shape index (κ3) is 43.8. The number of hydrogen-bond acceptors (Lipinski definition) is 8. The van der Waals surface area contributed by atoms with Crippen LogP contribution in [-0.4, -0.2) is 59.0 Å². The second-order valence-electron chi connectivity index (χ2n) is 5.59. The summed E-state index contributed by atoms with van der Waals surface area (Å²) in [5.74, 6) is -3.66. The van der Waals surface area contributed by atoms with Crippen LogP contribution in [0.15, 0.2) is 0 Å². The van der Waals surface area contributed by atoms with Gasteiger partial charge in [-0.1, -0.05) is 19.8 Å². The van der Waals surface area contributed by atoms with Gasteiger partial charge < -0.3 is 39.9 Å². The van der Waals surface area contributed by atoms with Gasteiger partial charge in [-0.15, -0.1) is 0 Å². The smallest absolute Gasteiger partial charge is 0.305 e. The Hall–Kier alpha value is -2.20. The zero-order valence-electron chi connectivity index (χ0n) is 16.4. The molecule has 0 aromatic rings. The fourth-order valence-electron chi connectivity index (χ4n) is 1.47. The first-order chi connectivity index (χ1) is 13.2. The molecule has 0 unspecified atom stereocenters. The molecule has 0 atom stereocenters. The molecule has 0 heterocycles. The molecule has 0 aromatic carbocycles. The van der Waals surface area contributed by atoms with Crippen LogP contribution in [0.3, 0.4) is 0 Å². The maximum absolute atomic E-state index is 10.1. The summed E-state index contributed by atoms with van der Waals surface area (Å²) in [7, 11) is 0. The maximum Gasteiger partial charge on any atom is 0.305 e. The summed E-state index contributed by atoms with van der Waals surface area (Å²) in [6.45, 7) is 2.45. The minimum absolute atomic E-state index is 0. The minimum atomic E-state index is -1.03. The first-order valence-electron chi connectivity index (χ1n) is 9.19. The van der Waals surface area contributed by atoms with E-state index in [9.17, 15) is 29.4 Å². The van der Waals surface area contributed by atoms with Gasteiger partial charge in [0.05, 0.1) is 13.0 Å². The predicted molar refractivity (Wildman–Crippen MR) is 97.1 cm³/mol. The number of carboxylic acids is 4. The molecule has 0 fully saturated rings. The van der Waals surface area contributed by atoms with Crippen LogP contribution in [0, 0.1) is 0 Å². The Kier molecular flexibility index (Phi) is 27.0. The first kappa shape index (κ1) is 30.5. The largest absolute Gasteiger partial charge is 0.550 e. The summed E-state index contributed by atoms with van der Waals surface area (Å²) in [5.41, 5.74) is 0. The van der Waals surface area contributed by atoms with Gasteiger partial charge in [0, 0.05) is 33.0 Å². The molecule has 168 valence electrons. The number of aliphatic hydroxyl groups is 1. The van der Waals surface area contributed by atoms with E-state index >= 15 is 0 Å². The topological polar surface area (TPSA) is 184 Å². The molecule has 10 heteroatoms. The summed E-state index contributed by atoms with van der Waals surface area (Å²) in [6, 6.07) is 0. The van der Waals surface area contributed by atoms with Crippen LogP contribution in [-0.2, 0) is 23.9 Å². The number of unbranched alkanes of at least 4 members (excludes halogenated alkanes) is 4. The van der Waals surface area contributed by atoms with Gasteiger partial charge in [-0.25, -0.2) is 0 Å². The fraction of sp³-hybridized carbons (Fsp3) is 0.778. The van der Waals surface area contributed by atoms with Crippen molar-refractivity contribution in [2.24, 2.45) is 0 Å². The summed E-state index contributed by atoms with van der Waals surface area (Å²) in [4.78, 5) is 39.2. The van der Waals surface area contributed by atoms with E-state index in [1.54, 1.807) is 6.92 Å². The maximum atomic E-state index is 10.1. The SMILES string of the molecule is CCC(=O)O.O=C([O-])CCCCCO.O=C([O-])CCCCCOCCC(=O)O.[HH]. The van der Waals surface area contributed by atoms with E-state index < -0.39 is 23.9 Å². The standard InChI is InChI=1S/C9H16O5.C6H12O3.C3H6O2.H2/c10-8(11)4-2-1-3-6-14-7-5-9(12)13;7-5-3-1-2-4-6(8)9;1-2-3(4)5;/h1-7H2,(H,10,11)(H,12,13);7H,1-5H2,(H,8,9);2H2,1H3,(H,4,5);1H/p-2. The lowest BCUT2D eigenvalue weighted by atomic mass is 10.2. The molecule has 0 saturated heterocycles. The number of hydrogen-bond donors (Lipinski definition) is 3. The van der Waals surface area contributed by atoms with Crippen molar-refractivity contribution in [3.05, 3.63) is 0 Å². The zero-order valence-corrected chi connectivity index (χ0v) is 16.4. The van der Waals surface area contributed by atoms with Gasteiger partial charge in [0.25, 0.3) is 0 Å². The Balaban J connectivity index is -0.000000179. The Bertz CT molecular complexity index is 395. The molecular formula is C18H34O10-2. The number of aliphatic carboxylic acids is 4. The number of carboxylic acid groups (broad SMARTS) is 4. The van der Waals surface area contributed by atoms with Gasteiger partial charge in [-0.05, 0) is 38.5 Å². The molecule has 0 spiro atoms. The number of carbonyl (C=O) groups excluding carboxylic acids is 2. The van der Waals surface area contributed by atoms with Crippen molar-refractivity contribution in [1.82, 2.24) is 0 Å². The number of aliphatic hydroxyl groups excluding tert-OH is 1. The van der Waals surface area contributed by atoms with E-state index in [1.165, 1.54) is 0 Å². The Morgan fingerprint density at radius 1 is 0.750 bits per heavy atom. The van der Waals surface area contributed by atoms with Crippen LogP contribution in [0.1, 0.15) is 72.6 Å². The summed E-state index contributed by atoms with van der Waals surface area (Å²) < 4.78 is 5.01. The van der Waals surface area contributed by atoms with E-state index in [2.05, 4.69) is 0 Å². The third-order valence-electron chi connectivity index (χ3n) is 2.97. The molecule has 0 aliphatic carbocycles. The highest BCUT2D eigenvalue weighted by Crippen LogP contribution is 1.99. The van der Waals surface area contributed by atoms with Crippen molar-refractivity contribution in [3.8, 4) is 0 Å². The Morgan fingerprint density at radius 3 is 1.57 bits per heavy atom. The average Bonchev–Trinajstić information content (AvgIpc) is 2.61. The molecule has 0 aliphatic rings. The van der Waals surface area contributed by atoms with Crippen molar-refractivity contribution in [2.75, 3.05) is 19.8 Å². The average molecular weight is 410 g/mol. The van der Waals surface area contributed by atoms with E-state index in [4.69, 9.17) is 20.1 Å². The lowest BCUT2D eigenvalue weighted by Gasteiger charge is -2.03. The molecule has 0 aromatic heterocycles. The second-order valence-corrected chi connectivity index (χ2v) is 5.59. The van der Waals surface area contributed by atoms with Gasteiger partial charge in [0.1, 0.15) is 0 Å². The van der Waals surface area contributed by atoms with Crippen LogP contribution in [0.25, 0.3) is 0 Å². The van der Waals surface area contributed by atoms with Gasteiger partial charge in [-0.2, -0.15) is 0 Å². The van der Waals surface area contributed by atoms with E-state index in [-0.39, 0.29) is 40.3 Å². The second kappa shape index (κ2) is 24.8. The van der Waals surface area contributed by atoms with Crippen LogP contribution in [0.5, 0.6) is 0 Å². The molecule has 10 nitrogen and oxygen atoms in total. The van der Waals surface area contributed by atoms with Crippen molar-refractivity contribution in [2.45, 2.75) is 71.1 Å². The van der Waals surface area contributed by atoms with E-state index in [1.807, 2.05) is 0 Å². The molecule has 0 bridgehead atoms. The van der Waals surface area contributed by atoms with Crippen molar-refractivity contribution < 1.29 is 50.9 Å². The molecular weight excluding hydrogens is 376 g/mol. The lowest BCUT2D eigenvalue weighted by Crippen LogP contribution is -2.21. The number of carbonyl (C=O) groups is 4. The molecule has 3 N–H and O–H groups in total. The Labute approximate surface area is 166 Å². The van der Waals surface area contributed by atoms with Crippen LogP contribution >= 0.6 is 0 Å². The number of rotatable bonds is 15. The molecule has 0 saturated carbocycles. The van der Waals surface area contributed by atoms with Crippen molar-refractivity contribution in [1.29, 1.82) is 0 Å². The minimum Gasteiger partial charge on any atom is -0.550 e. The number of ether oxygens (including phenoxy) is 1. The van der Waals surface area contributed by atoms with Crippen molar-refractivity contribution in [3.63, 3.8) is 0 Å². The van der Waals surface area contributed by atoms with E-state index in [0.29, 0.717) is 25.9 Å². The summed E-state index contributed by atoms with van der Waals surface area (Å²) in [5, 5.41) is 44.0. The molecule has 0 radical (unpaired) electrons. The van der Waals surface area contributed by atoms with E-state index in [0.717, 1.165) is 19.3 Å². The molecule has 0 aliphatic heterocycles.